The highest BCUT2D eigenvalue weighted by atomic mass is 32.1. The standard InChI is InChI=1S/C26H22N4O2S/c31-25(20-11-13-22(14-12-20)32-21-7-2-1-3-8-21)30(17-6-16-29-18-15-27-19-29)26-28-23-9-4-5-10-24(23)33-26/h1-5,7-15,18-19H,6,16-17H2. The van der Waals surface area contributed by atoms with Crippen molar-refractivity contribution in [1.82, 2.24) is 14.5 Å². The molecule has 0 N–H and O–H groups in total. The summed E-state index contributed by atoms with van der Waals surface area (Å²) >= 11 is 1.53. The topological polar surface area (TPSA) is 60.2 Å². The van der Waals surface area contributed by atoms with Gasteiger partial charge in [0.05, 0.1) is 16.5 Å². The lowest BCUT2D eigenvalue weighted by atomic mass is 10.2. The first-order valence-electron chi connectivity index (χ1n) is 10.7. The Kier molecular flexibility index (Phi) is 6.12. The minimum atomic E-state index is -0.0778. The van der Waals surface area contributed by atoms with Crippen LogP contribution in [0.15, 0.2) is 97.6 Å². The zero-order chi connectivity index (χ0) is 22.5. The van der Waals surface area contributed by atoms with Gasteiger partial charge in [-0.15, -0.1) is 0 Å². The molecule has 5 aromatic rings. The number of carbonyl (C=O) groups is 1. The summed E-state index contributed by atoms with van der Waals surface area (Å²) in [5, 5.41) is 0.705. The number of amides is 1. The van der Waals surface area contributed by atoms with Crippen LogP contribution in [0.3, 0.4) is 0 Å². The molecular weight excluding hydrogens is 432 g/mol. The summed E-state index contributed by atoms with van der Waals surface area (Å²) in [6, 6.07) is 24.8. The van der Waals surface area contributed by atoms with Gasteiger partial charge in [-0.2, -0.15) is 0 Å². The summed E-state index contributed by atoms with van der Waals surface area (Å²) in [4.78, 5) is 24.1. The quantitative estimate of drug-likeness (QED) is 0.288. The summed E-state index contributed by atoms with van der Waals surface area (Å²) in [5.74, 6) is 1.36. The molecule has 0 unspecified atom stereocenters. The van der Waals surface area contributed by atoms with Crippen molar-refractivity contribution in [2.45, 2.75) is 13.0 Å². The van der Waals surface area contributed by atoms with E-state index in [2.05, 4.69) is 4.98 Å². The van der Waals surface area contributed by atoms with E-state index in [-0.39, 0.29) is 5.91 Å². The second-order valence-electron chi connectivity index (χ2n) is 7.51. The van der Waals surface area contributed by atoms with Crippen molar-refractivity contribution >= 4 is 32.6 Å². The van der Waals surface area contributed by atoms with Crippen LogP contribution in [-0.4, -0.2) is 27.0 Å². The van der Waals surface area contributed by atoms with Gasteiger partial charge >= 0.3 is 0 Å². The monoisotopic (exact) mass is 454 g/mol. The SMILES string of the molecule is O=C(c1ccc(Oc2ccccc2)cc1)N(CCCn1ccnc1)c1nc2ccccc2s1. The van der Waals surface area contributed by atoms with Crippen LogP contribution < -0.4 is 9.64 Å². The normalized spacial score (nSPS) is 10.9. The van der Waals surface area contributed by atoms with Crippen molar-refractivity contribution in [1.29, 1.82) is 0 Å². The van der Waals surface area contributed by atoms with Gasteiger partial charge in [-0.3, -0.25) is 9.69 Å². The first-order valence-corrected chi connectivity index (χ1v) is 11.5. The number of aromatic nitrogens is 3. The van der Waals surface area contributed by atoms with E-state index in [1.165, 1.54) is 11.3 Å². The Bertz CT molecular complexity index is 1300. The van der Waals surface area contributed by atoms with Crippen molar-refractivity contribution in [3.8, 4) is 11.5 Å². The lowest BCUT2D eigenvalue weighted by molar-refractivity contribution is 0.0986. The number of para-hydroxylation sites is 2. The number of thiazole rings is 1. The van der Waals surface area contributed by atoms with Crippen molar-refractivity contribution < 1.29 is 9.53 Å². The van der Waals surface area contributed by atoms with Gasteiger partial charge in [-0.25, -0.2) is 9.97 Å². The number of anilines is 1. The summed E-state index contributed by atoms with van der Waals surface area (Å²) in [6.07, 6.45) is 6.26. The van der Waals surface area contributed by atoms with Gasteiger partial charge in [-0.05, 0) is 55.0 Å². The van der Waals surface area contributed by atoms with Gasteiger partial charge in [0.2, 0.25) is 0 Å². The maximum atomic E-state index is 13.5. The van der Waals surface area contributed by atoms with Crippen LogP contribution in [0.2, 0.25) is 0 Å². The van der Waals surface area contributed by atoms with E-state index in [1.807, 2.05) is 77.5 Å². The number of benzene rings is 3. The predicted octanol–water partition coefficient (Wildman–Crippen LogP) is 6.02. The first-order chi connectivity index (χ1) is 16.3. The van der Waals surface area contributed by atoms with Gasteiger partial charge in [0, 0.05) is 31.0 Å². The Morgan fingerprint density at radius 2 is 1.70 bits per heavy atom. The van der Waals surface area contributed by atoms with Crippen LogP contribution in [0.25, 0.3) is 10.2 Å². The van der Waals surface area contributed by atoms with Crippen LogP contribution in [0.4, 0.5) is 5.13 Å². The number of nitrogens with zero attached hydrogens (tertiary/aromatic N) is 4. The fourth-order valence-corrected chi connectivity index (χ4v) is 4.53. The number of hydrogen-bond donors (Lipinski definition) is 0. The molecule has 5 rings (SSSR count). The maximum absolute atomic E-state index is 13.5. The van der Waals surface area contributed by atoms with Gasteiger partial charge < -0.3 is 9.30 Å². The molecule has 2 heterocycles. The third-order valence-corrected chi connectivity index (χ3v) is 6.26. The minimum Gasteiger partial charge on any atom is -0.457 e. The molecule has 0 atom stereocenters. The summed E-state index contributed by atoms with van der Waals surface area (Å²) in [6.45, 7) is 1.33. The lowest BCUT2D eigenvalue weighted by Gasteiger charge is -2.20. The molecule has 0 aliphatic carbocycles. The number of aryl methyl sites for hydroxylation is 1. The molecule has 0 fully saturated rings. The van der Waals surface area contributed by atoms with Gasteiger partial charge in [-0.1, -0.05) is 41.7 Å². The molecule has 0 spiro atoms. The predicted molar refractivity (Wildman–Crippen MR) is 131 cm³/mol. The van der Waals surface area contributed by atoms with Crippen LogP contribution in [-0.2, 0) is 6.54 Å². The molecule has 164 valence electrons. The summed E-state index contributed by atoms with van der Waals surface area (Å²) < 4.78 is 8.93. The zero-order valence-electron chi connectivity index (χ0n) is 17.9. The van der Waals surface area contributed by atoms with Crippen LogP contribution in [0.1, 0.15) is 16.8 Å². The fraction of sp³-hybridized carbons (Fsp3) is 0.115. The van der Waals surface area contributed by atoms with Crippen molar-refractivity contribution in [2.75, 3.05) is 11.4 Å². The smallest absolute Gasteiger partial charge is 0.260 e. The number of imidazole rings is 1. The number of hydrogen-bond acceptors (Lipinski definition) is 5. The molecular formula is C26H22N4O2S. The fourth-order valence-electron chi connectivity index (χ4n) is 3.54. The molecule has 3 aromatic carbocycles. The van der Waals surface area contributed by atoms with E-state index >= 15 is 0 Å². The molecule has 2 aromatic heterocycles. The Balaban J connectivity index is 1.36. The Hall–Kier alpha value is -3.97. The summed E-state index contributed by atoms with van der Waals surface area (Å²) in [5.41, 5.74) is 1.49. The number of fused-ring (bicyclic) bond motifs is 1. The molecule has 33 heavy (non-hydrogen) atoms. The second-order valence-corrected chi connectivity index (χ2v) is 8.52. The molecule has 0 aliphatic rings. The molecule has 0 aliphatic heterocycles. The van der Waals surface area contributed by atoms with E-state index in [4.69, 9.17) is 9.72 Å². The largest absolute Gasteiger partial charge is 0.457 e. The number of carbonyl (C=O) groups excluding carboxylic acids is 1. The molecule has 0 bridgehead atoms. The highest BCUT2D eigenvalue weighted by Gasteiger charge is 2.21. The highest BCUT2D eigenvalue weighted by molar-refractivity contribution is 7.22. The Morgan fingerprint density at radius 1 is 0.939 bits per heavy atom. The Labute approximate surface area is 195 Å². The number of ether oxygens (including phenoxy) is 1. The van der Waals surface area contributed by atoms with Crippen molar-refractivity contribution in [3.05, 3.63) is 103 Å². The van der Waals surface area contributed by atoms with Crippen molar-refractivity contribution in [2.24, 2.45) is 0 Å². The van der Waals surface area contributed by atoms with E-state index in [0.29, 0.717) is 23.0 Å². The van der Waals surface area contributed by atoms with E-state index in [9.17, 15) is 4.79 Å². The first kappa shape index (κ1) is 20.9. The van der Waals surface area contributed by atoms with Gasteiger partial charge in [0.1, 0.15) is 11.5 Å². The van der Waals surface area contributed by atoms with Gasteiger partial charge in [0.25, 0.3) is 5.91 Å². The van der Waals surface area contributed by atoms with Crippen LogP contribution in [0.5, 0.6) is 11.5 Å². The van der Waals surface area contributed by atoms with E-state index in [0.717, 1.165) is 28.9 Å². The van der Waals surface area contributed by atoms with E-state index < -0.39 is 0 Å². The second kappa shape index (κ2) is 9.67. The lowest BCUT2D eigenvalue weighted by Crippen LogP contribution is -2.32. The number of rotatable bonds is 8. The average Bonchev–Trinajstić information content (AvgIpc) is 3.52. The third kappa shape index (κ3) is 4.94. The third-order valence-electron chi connectivity index (χ3n) is 5.20. The average molecular weight is 455 g/mol. The summed E-state index contributed by atoms with van der Waals surface area (Å²) in [7, 11) is 0. The zero-order valence-corrected chi connectivity index (χ0v) is 18.7. The van der Waals surface area contributed by atoms with E-state index in [1.54, 1.807) is 29.6 Å². The molecule has 7 heteroatoms. The molecule has 0 saturated carbocycles. The highest BCUT2D eigenvalue weighted by Crippen LogP contribution is 2.30. The Morgan fingerprint density at radius 3 is 2.45 bits per heavy atom. The van der Waals surface area contributed by atoms with Crippen LogP contribution >= 0.6 is 11.3 Å². The molecule has 0 saturated heterocycles. The minimum absolute atomic E-state index is 0.0778. The van der Waals surface area contributed by atoms with Crippen LogP contribution in [0, 0.1) is 0 Å². The maximum Gasteiger partial charge on any atom is 0.260 e. The molecule has 1 amide bonds. The molecule has 0 radical (unpaired) electrons. The van der Waals surface area contributed by atoms with Crippen molar-refractivity contribution in [3.63, 3.8) is 0 Å². The van der Waals surface area contributed by atoms with Gasteiger partial charge in [0.15, 0.2) is 5.13 Å². The molecule has 6 nitrogen and oxygen atoms in total.